The zero-order chi connectivity index (χ0) is 13.1. The van der Waals surface area contributed by atoms with Gasteiger partial charge in [0.2, 0.25) is 5.91 Å². The summed E-state index contributed by atoms with van der Waals surface area (Å²) < 4.78 is 0. The number of amides is 1. The number of nitrogens with zero attached hydrogens (tertiary/aromatic N) is 2. The number of anilines is 1. The van der Waals surface area contributed by atoms with Gasteiger partial charge < -0.3 is 10.2 Å². The summed E-state index contributed by atoms with van der Waals surface area (Å²) in [5.41, 5.74) is 0.832. The van der Waals surface area contributed by atoms with Crippen LogP contribution in [0.5, 0.6) is 0 Å². The summed E-state index contributed by atoms with van der Waals surface area (Å²) in [6.45, 7) is 2.67. The van der Waals surface area contributed by atoms with Crippen molar-refractivity contribution in [2.45, 2.75) is 25.9 Å². The van der Waals surface area contributed by atoms with Crippen LogP contribution in [0.2, 0.25) is 0 Å². The average molecular weight is 249 g/mol. The van der Waals surface area contributed by atoms with Crippen LogP contribution in [-0.4, -0.2) is 28.4 Å². The van der Waals surface area contributed by atoms with Crippen LogP contribution in [0.4, 0.5) is 11.4 Å². The van der Waals surface area contributed by atoms with E-state index in [1.165, 1.54) is 12.1 Å². The molecule has 6 heteroatoms. The normalized spacial score (nSPS) is 16.7. The molecule has 0 radical (unpaired) electrons. The van der Waals surface area contributed by atoms with Crippen LogP contribution < -0.4 is 5.32 Å². The van der Waals surface area contributed by atoms with E-state index in [1.54, 1.807) is 17.0 Å². The monoisotopic (exact) mass is 249 g/mol. The first-order chi connectivity index (χ1) is 8.58. The maximum atomic E-state index is 11.5. The van der Waals surface area contributed by atoms with E-state index < -0.39 is 4.92 Å². The van der Waals surface area contributed by atoms with Crippen molar-refractivity contribution in [1.82, 2.24) is 4.90 Å². The fourth-order valence-electron chi connectivity index (χ4n) is 2.08. The Morgan fingerprint density at radius 3 is 2.56 bits per heavy atom. The summed E-state index contributed by atoms with van der Waals surface area (Å²) in [6.07, 6.45) is 1.40. The molecule has 0 bridgehead atoms. The van der Waals surface area contributed by atoms with Crippen molar-refractivity contribution in [2.75, 3.05) is 11.9 Å². The predicted molar refractivity (Wildman–Crippen MR) is 67.1 cm³/mol. The van der Waals surface area contributed by atoms with E-state index in [4.69, 9.17) is 0 Å². The Bertz CT molecular complexity index is 458. The van der Waals surface area contributed by atoms with Crippen LogP contribution in [-0.2, 0) is 4.79 Å². The molecule has 0 aromatic heterocycles. The van der Waals surface area contributed by atoms with Crippen molar-refractivity contribution in [3.63, 3.8) is 0 Å². The second-order valence-corrected chi connectivity index (χ2v) is 4.31. The molecule has 1 aliphatic heterocycles. The van der Waals surface area contributed by atoms with Crippen LogP contribution in [0.3, 0.4) is 0 Å². The molecule has 1 aromatic rings. The topological polar surface area (TPSA) is 75.5 Å². The highest BCUT2D eigenvalue weighted by molar-refractivity contribution is 5.78. The molecule has 1 N–H and O–H groups in total. The fourth-order valence-corrected chi connectivity index (χ4v) is 2.08. The van der Waals surface area contributed by atoms with Gasteiger partial charge in [0.1, 0.15) is 0 Å². The summed E-state index contributed by atoms with van der Waals surface area (Å²) in [7, 11) is 0. The molecule has 0 spiro atoms. The second kappa shape index (κ2) is 5.03. The van der Waals surface area contributed by atoms with Gasteiger partial charge in [-0.15, -0.1) is 0 Å². The summed E-state index contributed by atoms with van der Waals surface area (Å²) in [5, 5.41) is 13.7. The molecular formula is C12H15N3O3. The van der Waals surface area contributed by atoms with E-state index in [-0.39, 0.29) is 17.8 Å². The lowest BCUT2D eigenvalue weighted by Crippen LogP contribution is -2.39. The van der Waals surface area contributed by atoms with E-state index in [1.807, 2.05) is 6.92 Å². The molecule has 2 rings (SSSR count). The Balaban J connectivity index is 2.00. The van der Waals surface area contributed by atoms with Gasteiger partial charge in [0.05, 0.1) is 11.1 Å². The van der Waals surface area contributed by atoms with Crippen LogP contribution in [0, 0.1) is 10.1 Å². The first-order valence-corrected chi connectivity index (χ1v) is 5.88. The molecule has 1 aliphatic rings. The van der Waals surface area contributed by atoms with Crippen molar-refractivity contribution in [3.05, 3.63) is 34.4 Å². The third-order valence-electron chi connectivity index (χ3n) is 3.03. The van der Waals surface area contributed by atoms with Gasteiger partial charge in [0.15, 0.2) is 0 Å². The smallest absolute Gasteiger partial charge is 0.269 e. The van der Waals surface area contributed by atoms with Crippen molar-refractivity contribution < 1.29 is 9.72 Å². The third-order valence-corrected chi connectivity index (χ3v) is 3.03. The Morgan fingerprint density at radius 2 is 2.06 bits per heavy atom. The van der Waals surface area contributed by atoms with Gasteiger partial charge in [-0.2, -0.15) is 0 Å². The lowest BCUT2D eigenvalue weighted by atomic mass is 10.2. The largest absolute Gasteiger partial charge is 0.365 e. The number of nitrogens with one attached hydrogen (secondary N) is 1. The lowest BCUT2D eigenvalue weighted by molar-refractivity contribution is -0.384. The third kappa shape index (κ3) is 2.58. The first kappa shape index (κ1) is 12.3. The number of carbonyl (C=O) groups is 1. The molecular weight excluding hydrogens is 234 g/mol. The van der Waals surface area contributed by atoms with Gasteiger partial charge >= 0.3 is 0 Å². The minimum Gasteiger partial charge on any atom is -0.365 e. The molecule has 1 aromatic carbocycles. The van der Waals surface area contributed by atoms with Gasteiger partial charge in [0.25, 0.3) is 5.69 Å². The molecule has 1 heterocycles. The number of non-ortho nitro benzene ring substituents is 1. The quantitative estimate of drug-likeness (QED) is 0.654. The molecule has 1 atom stereocenters. The number of carbonyl (C=O) groups excluding carboxylic acids is 1. The Labute approximate surface area is 105 Å². The van der Waals surface area contributed by atoms with E-state index in [9.17, 15) is 14.9 Å². The Morgan fingerprint density at radius 1 is 1.39 bits per heavy atom. The van der Waals surface area contributed by atoms with E-state index in [0.717, 1.165) is 18.7 Å². The van der Waals surface area contributed by atoms with Gasteiger partial charge in [-0.25, -0.2) is 0 Å². The molecule has 1 fully saturated rings. The van der Waals surface area contributed by atoms with Crippen LogP contribution in [0.1, 0.15) is 19.8 Å². The zero-order valence-electron chi connectivity index (χ0n) is 10.1. The van der Waals surface area contributed by atoms with Crippen LogP contribution in [0.15, 0.2) is 24.3 Å². The fraction of sp³-hybridized carbons (Fsp3) is 0.417. The van der Waals surface area contributed by atoms with Crippen LogP contribution in [0.25, 0.3) is 0 Å². The minimum absolute atomic E-state index is 0.0606. The second-order valence-electron chi connectivity index (χ2n) is 4.31. The van der Waals surface area contributed by atoms with Gasteiger partial charge in [-0.3, -0.25) is 14.9 Å². The van der Waals surface area contributed by atoms with Gasteiger partial charge in [-0.1, -0.05) is 0 Å². The number of hydrogen-bond donors (Lipinski definition) is 1. The standard InChI is InChI=1S/C12H15N3O3/c1-9(14-8-2-3-12(14)16)13-10-4-6-11(7-5-10)15(17)18/h4-7,9,13H,2-3,8H2,1H3. The maximum absolute atomic E-state index is 11.5. The van der Waals surface area contributed by atoms with Gasteiger partial charge in [-0.05, 0) is 25.5 Å². The minimum atomic E-state index is -0.433. The first-order valence-electron chi connectivity index (χ1n) is 5.88. The molecule has 0 saturated carbocycles. The van der Waals surface area contributed by atoms with E-state index in [2.05, 4.69) is 5.32 Å². The SMILES string of the molecule is CC(Nc1ccc([N+](=O)[O-])cc1)N1CCCC1=O. The lowest BCUT2D eigenvalue weighted by Gasteiger charge is -2.25. The number of nitro groups is 1. The highest BCUT2D eigenvalue weighted by Gasteiger charge is 2.24. The molecule has 18 heavy (non-hydrogen) atoms. The summed E-state index contributed by atoms with van der Waals surface area (Å²) >= 11 is 0. The molecule has 1 amide bonds. The molecule has 1 unspecified atom stereocenters. The number of benzene rings is 1. The predicted octanol–water partition coefficient (Wildman–Crippen LogP) is 1.98. The highest BCUT2D eigenvalue weighted by atomic mass is 16.6. The highest BCUT2D eigenvalue weighted by Crippen LogP contribution is 2.19. The summed E-state index contributed by atoms with van der Waals surface area (Å²) in [4.78, 5) is 23.4. The molecule has 0 aliphatic carbocycles. The van der Waals surface area contributed by atoms with Crippen LogP contribution >= 0.6 is 0 Å². The maximum Gasteiger partial charge on any atom is 0.269 e. The molecule has 6 nitrogen and oxygen atoms in total. The molecule has 1 saturated heterocycles. The Hall–Kier alpha value is -2.11. The molecule has 96 valence electrons. The average Bonchev–Trinajstić information content (AvgIpc) is 2.76. The van der Waals surface area contributed by atoms with Crippen molar-refractivity contribution >= 4 is 17.3 Å². The number of nitro benzene ring substituents is 1. The van der Waals surface area contributed by atoms with Crippen molar-refractivity contribution in [2.24, 2.45) is 0 Å². The number of hydrogen-bond acceptors (Lipinski definition) is 4. The van der Waals surface area contributed by atoms with Gasteiger partial charge in [0, 0.05) is 30.8 Å². The summed E-state index contributed by atoms with van der Waals surface area (Å²) in [6, 6.07) is 6.19. The number of rotatable bonds is 4. The van der Waals surface area contributed by atoms with Crippen molar-refractivity contribution in [1.29, 1.82) is 0 Å². The van der Waals surface area contributed by atoms with E-state index in [0.29, 0.717) is 6.42 Å². The Kier molecular flexibility index (Phi) is 3.45. The van der Waals surface area contributed by atoms with Crippen molar-refractivity contribution in [3.8, 4) is 0 Å². The van der Waals surface area contributed by atoms with E-state index >= 15 is 0 Å². The summed E-state index contributed by atoms with van der Waals surface area (Å²) in [5.74, 6) is 0.150. The zero-order valence-corrected chi connectivity index (χ0v) is 10.1. The number of likely N-dealkylation sites (tertiary alicyclic amines) is 1.